The number of nitrogens with zero attached hydrogens (tertiary/aromatic N) is 3. The average Bonchev–Trinajstić information content (AvgIpc) is 3.03. The van der Waals surface area contributed by atoms with E-state index < -0.39 is 5.54 Å². The van der Waals surface area contributed by atoms with E-state index in [0.717, 1.165) is 27.5 Å². The molecule has 0 atom stereocenters. The number of rotatable bonds is 3. The molecular weight excluding hydrogens is 484 g/mol. The third kappa shape index (κ3) is 4.21. The fourth-order valence-electron chi connectivity index (χ4n) is 4.78. The highest BCUT2D eigenvalue weighted by Gasteiger charge is 2.48. The van der Waals surface area contributed by atoms with Crippen LogP contribution in [0.1, 0.15) is 25.7 Å². The van der Waals surface area contributed by atoms with Gasteiger partial charge in [0.2, 0.25) is 5.91 Å². The van der Waals surface area contributed by atoms with Crippen LogP contribution in [0, 0.1) is 0 Å². The standard InChI is InChI=1S/C25H23ClN6O2S/c1-32-24(34)31-23(35)25(32)5-2-14(3-6-25)8-22(33)30-21-11-16-9-15(10-20(27)18(16)13-29-21)17-12-28-7-4-19(17)26/h4,7-13H,2-3,5-6,27H2,1H3,(H,29,30,33)(H,31,34,35). The number of carbonyl (C=O) groups is 2. The maximum absolute atomic E-state index is 12.7. The van der Waals surface area contributed by atoms with Crippen LogP contribution < -0.4 is 16.4 Å². The van der Waals surface area contributed by atoms with Crippen LogP contribution in [0.4, 0.5) is 16.3 Å². The summed E-state index contributed by atoms with van der Waals surface area (Å²) < 4.78 is 0. The van der Waals surface area contributed by atoms with Crippen LogP contribution in [0.5, 0.6) is 0 Å². The molecule has 2 aliphatic rings. The minimum atomic E-state index is -0.449. The van der Waals surface area contributed by atoms with E-state index in [4.69, 9.17) is 29.6 Å². The number of likely N-dealkylation sites (N-methyl/N-ethyl adjacent to an activating group) is 1. The molecule has 8 nitrogen and oxygen atoms in total. The first-order valence-corrected chi connectivity index (χ1v) is 11.9. The van der Waals surface area contributed by atoms with Crippen LogP contribution in [-0.4, -0.2) is 44.4 Å². The lowest BCUT2D eigenvalue weighted by Gasteiger charge is -2.38. The smallest absolute Gasteiger partial charge is 0.322 e. The minimum absolute atomic E-state index is 0.169. The maximum Gasteiger partial charge on any atom is 0.322 e. The van der Waals surface area contributed by atoms with Crippen molar-refractivity contribution in [2.24, 2.45) is 0 Å². The van der Waals surface area contributed by atoms with Gasteiger partial charge in [-0.15, -0.1) is 0 Å². The van der Waals surface area contributed by atoms with E-state index in [0.29, 0.717) is 47.2 Å². The molecule has 1 spiro atoms. The molecule has 3 amide bonds. The number of hydrogen-bond donors (Lipinski definition) is 3. The SMILES string of the molecule is CN1C(=O)NC(=S)C12CCC(=CC(=O)Nc1cc3cc(-c4cnccc4Cl)cc(N)c3cn1)CC2. The van der Waals surface area contributed by atoms with Gasteiger partial charge in [-0.2, -0.15) is 0 Å². The van der Waals surface area contributed by atoms with Crippen molar-refractivity contribution in [3.05, 3.63) is 59.5 Å². The van der Waals surface area contributed by atoms with E-state index in [1.54, 1.807) is 48.7 Å². The molecule has 178 valence electrons. The van der Waals surface area contributed by atoms with Crippen molar-refractivity contribution in [2.45, 2.75) is 31.2 Å². The molecular formula is C25H23ClN6O2S. The molecule has 1 aliphatic carbocycles. The molecule has 3 heterocycles. The Morgan fingerprint density at radius 1 is 1.29 bits per heavy atom. The number of benzene rings is 1. The number of nitrogens with one attached hydrogen (secondary N) is 2. The lowest BCUT2D eigenvalue weighted by Crippen LogP contribution is -2.48. The molecule has 1 saturated carbocycles. The minimum Gasteiger partial charge on any atom is -0.398 e. The fourth-order valence-corrected chi connectivity index (χ4v) is 5.43. The van der Waals surface area contributed by atoms with Gasteiger partial charge >= 0.3 is 6.03 Å². The van der Waals surface area contributed by atoms with Crippen LogP contribution in [-0.2, 0) is 4.79 Å². The second kappa shape index (κ2) is 8.90. The Labute approximate surface area is 212 Å². The van der Waals surface area contributed by atoms with Crippen LogP contribution in [0.2, 0.25) is 5.02 Å². The van der Waals surface area contributed by atoms with Crippen molar-refractivity contribution in [1.82, 2.24) is 20.2 Å². The molecule has 1 saturated heterocycles. The van der Waals surface area contributed by atoms with Gasteiger partial charge in [0.05, 0.1) is 10.6 Å². The summed E-state index contributed by atoms with van der Waals surface area (Å²) >= 11 is 11.7. The number of halogens is 1. The third-order valence-electron chi connectivity index (χ3n) is 6.84. The molecule has 3 aromatic rings. The number of pyridine rings is 2. The first kappa shape index (κ1) is 23.2. The summed E-state index contributed by atoms with van der Waals surface area (Å²) in [6.45, 7) is 0. The molecule has 5 rings (SSSR count). The van der Waals surface area contributed by atoms with Crippen molar-refractivity contribution in [3.8, 4) is 11.1 Å². The van der Waals surface area contributed by atoms with E-state index in [9.17, 15) is 9.59 Å². The summed E-state index contributed by atoms with van der Waals surface area (Å²) in [4.78, 5) is 35.5. The maximum atomic E-state index is 12.7. The number of anilines is 2. The van der Waals surface area contributed by atoms with Gasteiger partial charge in [-0.3, -0.25) is 15.1 Å². The highest BCUT2D eigenvalue weighted by Crippen LogP contribution is 2.39. The number of nitrogen functional groups attached to an aromatic ring is 1. The van der Waals surface area contributed by atoms with Crippen molar-refractivity contribution in [1.29, 1.82) is 0 Å². The molecule has 35 heavy (non-hydrogen) atoms. The Kier molecular flexibility index (Phi) is 5.90. The number of amides is 3. The molecule has 4 N–H and O–H groups in total. The Bertz CT molecular complexity index is 1410. The quantitative estimate of drug-likeness (QED) is 0.270. The predicted octanol–water partition coefficient (Wildman–Crippen LogP) is 4.69. The molecule has 1 aliphatic heterocycles. The number of nitrogens with two attached hydrogens (primary N) is 1. The van der Waals surface area contributed by atoms with Gasteiger partial charge < -0.3 is 16.0 Å². The molecule has 2 aromatic heterocycles. The zero-order chi connectivity index (χ0) is 24.7. The molecule has 10 heteroatoms. The summed E-state index contributed by atoms with van der Waals surface area (Å²) in [6.07, 6.45) is 9.33. The predicted molar refractivity (Wildman–Crippen MR) is 141 cm³/mol. The second-order valence-electron chi connectivity index (χ2n) is 8.85. The highest BCUT2D eigenvalue weighted by molar-refractivity contribution is 7.80. The monoisotopic (exact) mass is 506 g/mol. The van der Waals surface area contributed by atoms with E-state index in [1.807, 2.05) is 12.1 Å². The van der Waals surface area contributed by atoms with E-state index in [2.05, 4.69) is 20.6 Å². The number of fused-ring (bicyclic) bond motifs is 1. The first-order chi connectivity index (χ1) is 16.8. The Balaban J connectivity index is 1.33. The first-order valence-electron chi connectivity index (χ1n) is 11.2. The van der Waals surface area contributed by atoms with Crippen LogP contribution in [0.3, 0.4) is 0 Å². The summed E-state index contributed by atoms with van der Waals surface area (Å²) in [5, 5.41) is 7.77. The summed E-state index contributed by atoms with van der Waals surface area (Å²) in [5.41, 5.74) is 8.99. The number of aromatic nitrogens is 2. The topological polar surface area (TPSA) is 113 Å². The van der Waals surface area contributed by atoms with Crippen LogP contribution >= 0.6 is 23.8 Å². The summed E-state index contributed by atoms with van der Waals surface area (Å²) in [6, 6.07) is 7.12. The number of hydrogen-bond acceptors (Lipinski definition) is 6. The third-order valence-corrected chi connectivity index (χ3v) is 7.66. The number of urea groups is 1. The van der Waals surface area contributed by atoms with E-state index in [1.165, 1.54) is 0 Å². The van der Waals surface area contributed by atoms with Gasteiger partial charge in [-0.1, -0.05) is 29.4 Å². The normalized spacial score (nSPS) is 19.8. The van der Waals surface area contributed by atoms with Crippen LogP contribution in [0.15, 0.2) is 54.5 Å². The van der Waals surface area contributed by atoms with Crippen molar-refractivity contribution < 1.29 is 9.59 Å². The number of carbonyl (C=O) groups excluding carboxylic acids is 2. The lowest BCUT2D eigenvalue weighted by molar-refractivity contribution is -0.112. The fraction of sp³-hybridized carbons (Fsp3) is 0.240. The molecule has 0 radical (unpaired) electrons. The second-order valence-corrected chi connectivity index (χ2v) is 9.67. The van der Waals surface area contributed by atoms with Gasteiger partial charge in [0.1, 0.15) is 10.8 Å². The molecule has 2 fully saturated rings. The van der Waals surface area contributed by atoms with Gasteiger partial charge in [0, 0.05) is 48.4 Å². The van der Waals surface area contributed by atoms with Crippen LogP contribution in [0.25, 0.3) is 21.9 Å². The van der Waals surface area contributed by atoms with Gasteiger partial charge in [0.25, 0.3) is 0 Å². The van der Waals surface area contributed by atoms with Crippen molar-refractivity contribution in [3.63, 3.8) is 0 Å². The Hall–Kier alpha value is -3.56. The van der Waals surface area contributed by atoms with E-state index >= 15 is 0 Å². The lowest BCUT2D eigenvalue weighted by atomic mass is 9.79. The molecule has 0 bridgehead atoms. The van der Waals surface area contributed by atoms with Crippen molar-refractivity contribution >= 4 is 63.0 Å². The Morgan fingerprint density at radius 3 is 2.74 bits per heavy atom. The van der Waals surface area contributed by atoms with Crippen molar-refractivity contribution in [2.75, 3.05) is 18.1 Å². The van der Waals surface area contributed by atoms with Gasteiger partial charge in [-0.05, 0) is 60.9 Å². The zero-order valence-corrected chi connectivity index (χ0v) is 20.5. The zero-order valence-electron chi connectivity index (χ0n) is 19.0. The number of thiocarbonyl (C=S) groups is 1. The summed E-state index contributed by atoms with van der Waals surface area (Å²) in [5.74, 6) is 0.172. The Morgan fingerprint density at radius 2 is 2.06 bits per heavy atom. The summed E-state index contributed by atoms with van der Waals surface area (Å²) in [7, 11) is 1.77. The highest BCUT2D eigenvalue weighted by atomic mass is 35.5. The van der Waals surface area contributed by atoms with Gasteiger partial charge in [0.15, 0.2) is 0 Å². The van der Waals surface area contributed by atoms with Gasteiger partial charge in [-0.25, -0.2) is 9.78 Å². The largest absolute Gasteiger partial charge is 0.398 e. The average molecular weight is 507 g/mol. The number of allylic oxidation sites excluding steroid dienone is 1. The van der Waals surface area contributed by atoms with E-state index in [-0.39, 0.29) is 11.9 Å². The molecule has 1 aromatic carbocycles. The molecule has 0 unspecified atom stereocenters.